The van der Waals surface area contributed by atoms with Gasteiger partial charge >= 0.3 is 6.09 Å². The number of morpholine rings is 1. The highest BCUT2D eigenvalue weighted by Gasteiger charge is 2.62. The Kier molecular flexibility index (Phi) is 12.1. The summed E-state index contributed by atoms with van der Waals surface area (Å²) >= 11 is 0. The average molecular weight is 841 g/mol. The standard InChI is InChI=1S/C40H53FN8O9S/c1-5-24-22-40(24,36(52)47-59(54,55)29-14-15-29)46-34(50)30-20-28(23-49(30)35(51)33(39(2,3)4)45-38(53)58-27-8-6-7-9-27)57-32-21-31(48-16-18-56-19-17-48)43-37(44-32)42-26-12-10-25(41)11-13-26/h5,10-13,21,24,27-30,33H,1,6-9,14-20,22-23H2,2-4H3,(H,45,53)(H,46,50)(H,47,52)(H,42,43,44)/t24-,28-,30+,33-,40-/m1/s1. The molecule has 1 aromatic heterocycles. The van der Waals surface area contributed by atoms with Gasteiger partial charge in [-0.25, -0.2) is 17.6 Å². The van der Waals surface area contributed by atoms with Crippen molar-refractivity contribution in [2.45, 2.75) is 107 Å². The van der Waals surface area contributed by atoms with E-state index in [-0.39, 0.29) is 37.3 Å². The predicted molar refractivity (Wildman–Crippen MR) is 214 cm³/mol. The maximum atomic E-state index is 14.7. The smallest absolute Gasteiger partial charge is 0.408 e. The summed E-state index contributed by atoms with van der Waals surface area (Å²) in [4.78, 5) is 68.5. The number of anilines is 3. The van der Waals surface area contributed by atoms with Crippen molar-refractivity contribution in [2.24, 2.45) is 11.3 Å². The summed E-state index contributed by atoms with van der Waals surface area (Å²) in [7, 11) is -3.93. The van der Waals surface area contributed by atoms with E-state index in [1.807, 2.05) is 4.90 Å². The van der Waals surface area contributed by atoms with Crippen molar-refractivity contribution in [3.63, 3.8) is 0 Å². The molecule has 0 bridgehead atoms. The quantitative estimate of drug-likeness (QED) is 0.202. The molecule has 5 fully saturated rings. The fourth-order valence-corrected chi connectivity index (χ4v) is 9.20. The molecule has 4 N–H and O–H groups in total. The molecule has 7 rings (SSSR count). The summed E-state index contributed by atoms with van der Waals surface area (Å²) in [5.74, 6) is -2.30. The van der Waals surface area contributed by atoms with Crippen molar-refractivity contribution in [2.75, 3.05) is 43.1 Å². The van der Waals surface area contributed by atoms with Crippen LogP contribution in [0.5, 0.6) is 5.88 Å². The third-order valence-electron chi connectivity index (χ3n) is 11.5. The number of rotatable bonds is 14. The first-order valence-corrected chi connectivity index (χ1v) is 21.8. The molecule has 320 valence electrons. The molecule has 0 radical (unpaired) electrons. The van der Waals surface area contributed by atoms with Gasteiger partial charge in [-0.2, -0.15) is 9.97 Å². The molecular weight excluding hydrogens is 788 g/mol. The van der Waals surface area contributed by atoms with Crippen LogP contribution in [0.25, 0.3) is 0 Å². The number of nitrogens with zero attached hydrogens (tertiary/aromatic N) is 4. The van der Waals surface area contributed by atoms with E-state index in [0.29, 0.717) is 50.7 Å². The van der Waals surface area contributed by atoms with Gasteiger partial charge in [0.15, 0.2) is 0 Å². The zero-order valence-electron chi connectivity index (χ0n) is 33.6. The van der Waals surface area contributed by atoms with Gasteiger partial charge in [-0.15, -0.1) is 6.58 Å². The number of nitrogens with one attached hydrogen (secondary N) is 4. The number of hydrogen-bond acceptors (Lipinski definition) is 13. The number of carbonyl (C=O) groups excluding carboxylic acids is 4. The molecule has 2 aromatic rings. The van der Waals surface area contributed by atoms with Gasteiger partial charge in [0.25, 0.3) is 5.91 Å². The molecule has 1 aromatic carbocycles. The van der Waals surface area contributed by atoms with Crippen molar-refractivity contribution in [1.82, 2.24) is 30.2 Å². The number of carbonyl (C=O) groups is 4. The van der Waals surface area contributed by atoms with Crippen LogP contribution < -0.4 is 30.3 Å². The number of hydrogen-bond donors (Lipinski definition) is 4. The number of aromatic nitrogens is 2. The van der Waals surface area contributed by atoms with Gasteiger partial charge in [0, 0.05) is 37.2 Å². The lowest BCUT2D eigenvalue weighted by Gasteiger charge is -2.35. The van der Waals surface area contributed by atoms with Crippen LogP contribution in [0.3, 0.4) is 0 Å². The molecule has 59 heavy (non-hydrogen) atoms. The first kappa shape index (κ1) is 42.1. The molecule has 4 amide bonds. The molecule has 0 unspecified atom stereocenters. The molecule has 3 saturated carbocycles. The van der Waals surface area contributed by atoms with Crippen molar-refractivity contribution in [3.8, 4) is 5.88 Å². The highest BCUT2D eigenvalue weighted by atomic mass is 32.2. The van der Waals surface area contributed by atoms with E-state index >= 15 is 0 Å². The molecule has 0 spiro atoms. The number of alkyl carbamates (subject to hydrolysis) is 1. The van der Waals surface area contributed by atoms with E-state index in [1.54, 1.807) is 39.0 Å². The summed E-state index contributed by atoms with van der Waals surface area (Å²) in [6.07, 6.45) is 3.96. The topological polar surface area (TPSA) is 210 Å². The zero-order valence-corrected chi connectivity index (χ0v) is 34.4. The molecule has 17 nitrogen and oxygen atoms in total. The molecule has 5 aliphatic rings. The highest BCUT2D eigenvalue weighted by Crippen LogP contribution is 2.45. The van der Waals surface area contributed by atoms with Crippen LogP contribution in [-0.4, -0.2) is 115 Å². The van der Waals surface area contributed by atoms with E-state index in [2.05, 4.69) is 37.2 Å². The summed E-state index contributed by atoms with van der Waals surface area (Å²) in [6.45, 7) is 11.1. The predicted octanol–water partition coefficient (Wildman–Crippen LogP) is 3.30. The summed E-state index contributed by atoms with van der Waals surface area (Å²) in [6, 6.07) is 4.99. The van der Waals surface area contributed by atoms with Crippen LogP contribution in [0.1, 0.15) is 72.1 Å². The zero-order chi connectivity index (χ0) is 42.1. The molecule has 5 atom stereocenters. The molecule has 19 heteroatoms. The maximum absolute atomic E-state index is 14.7. The Bertz CT molecular complexity index is 2030. The minimum absolute atomic E-state index is 0.0462. The van der Waals surface area contributed by atoms with Crippen LogP contribution in [0.4, 0.5) is 26.6 Å². The first-order chi connectivity index (χ1) is 28.0. The lowest BCUT2D eigenvalue weighted by Crippen LogP contribution is -2.60. The van der Waals surface area contributed by atoms with Crippen molar-refractivity contribution >= 4 is 51.3 Å². The van der Waals surface area contributed by atoms with Crippen molar-refractivity contribution in [3.05, 3.63) is 48.8 Å². The van der Waals surface area contributed by atoms with Crippen LogP contribution in [0.2, 0.25) is 0 Å². The Morgan fingerprint density at radius 3 is 2.36 bits per heavy atom. The monoisotopic (exact) mass is 840 g/mol. The molecule has 2 saturated heterocycles. The Morgan fingerprint density at radius 1 is 1.03 bits per heavy atom. The van der Waals surface area contributed by atoms with E-state index in [0.717, 1.165) is 25.7 Å². The Labute approximate surface area is 343 Å². The number of likely N-dealkylation sites (tertiary alicyclic amines) is 1. The van der Waals surface area contributed by atoms with Gasteiger partial charge in [0.2, 0.25) is 33.7 Å². The normalized spacial score (nSPS) is 25.1. The number of ether oxygens (including phenoxy) is 3. The number of sulfonamides is 1. The number of amides is 4. The largest absolute Gasteiger partial charge is 0.472 e. The van der Waals surface area contributed by atoms with E-state index in [4.69, 9.17) is 14.2 Å². The third kappa shape index (κ3) is 9.88. The van der Waals surface area contributed by atoms with Crippen LogP contribution in [-0.2, 0) is 33.9 Å². The minimum atomic E-state index is -3.93. The first-order valence-electron chi connectivity index (χ1n) is 20.2. The lowest BCUT2D eigenvalue weighted by atomic mass is 9.85. The Hall–Kier alpha value is -5.04. The summed E-state index contributed by atoms with van der Waals surface area (Å²) in [5.41, 5.74) is -1.91. The molecular formula is C40H53FN8O9S. The second kappa shape index (κ2) is 16.9. The van der Waals surface area contributed by atoms with Gasteiger partial charge in [0.1, 0.15) is 41.5 Å². The number of benzene rings is 1. The fourth-order valence-electron chi connectivity index (χ4n) is 7.83. The lowest BCUT2D eigenvalue weighted by molar-refractivity contribution is -0.143. The Morgan fingerprint density at radius 2 is 1.73 bits per heavy atom. The highest BCUT2D eigenvalue weighted by molar-refractivity contribution is 7.91. The van der Waals surface area contributed by atoms with Gasteiger partial charge < -0.3 is 40.0 Å². The minimum Gasteiger partial charge on any atom is -0.472 e. The SMILES string of the molecule is C=C[C@@H]1C[C@]1(NC(=O)[C@@H]1C[C@@H](Oc2cc(N3CCOCC3)nc(Nc3ccc(F)cc3)n2)CN1C(=O)[C@@H](NC(=O)OC1CCCC1)C(C)(C)C)C(=O)NS(=O)(=O)C1CC1. The second-order valence-electron chi connectivity index (χ2n) is 17.0. The van der Waals surface area contributed by atoms with Crippen LogP contribution in [0, 0.1) is 17.2 Å². The van der Waals surface area contributed by atoms with Gasteiger partial charge in [-0.05, 0) is 74.6 Å². The van der Waals surface area contributed by atoms with Gasteiger partial charge in [-0.1, -0.05) is 26.8 Å². The second-order valence-corrected chi connectivity index (χ2v) is 19.0. The summed E-state index contributed by atoms with van der Waals surface area (Å²) in [5, 5.41) is 7.98. The van der Waals surface area contributed by atoms with Crippen LogP contribution >= 0.6 is 0 Å². The van der Waals surface area contributed by atoms with Crippen molar-refractivity contribution < 1.29 is 46.2 Å². The molecule has 3 aliphatic carbocycles. The van der Waals surface area contributed by atoms with E-state index in [9.17, 15) is 32.0 Å². The maximum Gasteiger partial charge on any atom is 0.408 e. The van der Waals surface area contributed by atoms with Crippen LogP contribution in [0.15, 0.2) is 43.0 Å². The molecule has 2 aliphatic heterocycles. The number of halogens is 1. The van der Waals surface area contributed by atoms with E-state index in [1.165, 1.54) is 23.1 Å². The summed E-state index contributed by atoms with van der Waals surface area (Å²) < 4.78 is 59.1. The fraction of sp³-hybridized carbons (Fsp3) is 0.600. The third-order valence-corrected chi connectivity index (χ3v) is 13.3. The average Bonchev–Trinajstić information content (AvgIpc) is 4.08. The van der Waals surface area contributed by atoms with Crippen molar-refractivity contribution in [1.29, 1.82) is 0 Å². The van der Waals surface area contributed by atoms with Gasteiger partial charge in [-0.3, -0.25) is 19.1 Å². The van der Waals surface area contributed by atoms with E-state index < -0.39 is 80.0 Å². The Balaban J connectivity index is 1.16. The van der Waals surface area contributed by atoms with Gasteiger partial charge in [0.05, 0.1) is 25.0 Å². The molecule has 3 heterocycles.